The molecule has 2 nitrogen and oxygen atoms in total. The van der Waals surface area contributed by atoms with Crippen LogP contribution in [-0.4, -0.2) is 12.1 Å². The number of rotatable bonds is 2. The number of halogens is 7. The second kappa shape index (κ2) is 6.28. The van der Waals surface area contributed by atoms with Crippen LogP contribution < -0.4 is 5.32 Å². The van der Waals surface area contributed by atoms with Crippen LogP contribution in [-0.2, 0) is 11.0 Å². The molecule has 2 aliphatic carbocycles. The van der Waals surface area contributed by atoms with E-state index in [0.29, 0.717) is 25.0 Å². The third-order valence-corrected chi connectivity index (χ3v) is 4.96. The van der Waals surface area contributed by atoms with Gasteiger partial charge in [0, 0.05) is 17.7 Å². The number of allylic oxidation sites excluding steroid dienone is 2. The minimum atomic E-state index is -4.92. The van der Waals surface area contributed by atoms with E-state index in [0.717, 1.165) is 6.07 Å². The quantitative estimate of drug-likeness (QED) is 0.545. The van der Waals surface area contributed by atoms with Crippen molar-refractivity contribution in [2.75, 3.05) is 5.32 Å². The molecule has 9 heteroatoms. The zero-order valence-corrected chi connectivity index (χ0v) is 13.2. The lowest BCUT2D eigenvalue weighted by atomic mass is 9.88. The number of fused-ring (bicyclic) bond motifs is 2. The molecule has 0 aromatic heterocycles. The topological polar surface area (TPSA) is 29.1 Å². The van der Waals surface area contributed by atoms with Gasteiger partial charge in [-0.15, -0.1) is 0 Å². The molecule has 3 atom stereocenters. The van der Waals surface area contributed by atoms with Crippen molar-refractivity contribution >= 4 is 11.6 Å². The normalized spacial score (nSPS) is 27.2. The lowest BCUT2D eigenvalue weighted by Crippen LogP contribution is -2.27. The number of carbonyl (C=O) groups excluding carboxylic acids is 1. The highest BCUT2D eigenvalue weighted by Crippen LogP contribution is 2.53. The van der Waals surface area contributed by atoms with Gasteiger partial charge in [-0.1, -0.05) is 5.57 Å². The molecule has 1 aromatic rings. The van der Waals surface area contributed by atoms with Gasteiger partial charge in [-0.05, 0) is 49.3 Å². The molecule has 1 aromatic carbocycles. The summed E-state index contributed by atoms with van der Waals surface area (Å²) in [5.41, 5.74) is -1.57. The molecule has 26 heavy (non-hydrogen) atoms. The van der Waals surface area contributed by atoms with Gasteiger partial charge >= 0.3 is 12.4 Å². The van der Waals surface area contributed by atoms with Crippen molar-refractivity contribution in [3.05, 3.63) is 41.2 Å². The van der Waals surface area contributed by atoms with Crippen LogP contribution in [0.4, 0.5) is 36.4 Å². The number of hydrogen-bond donors (Lipinski definition) is 1. The van der Waals surface area contributed by atoms with Crippen LogP contribution in [0.1, 0.15) is 24.8 Å². The van der Waals surface area contributed by atoms with Gasteiger partial charge in [0.15, 0.2) is 0 Å². The zero-order chi connectivity index (χ0) is 19.3. The molecule has 1 N–H and O–H groups in total. The van der Waals surface area contributed by atoms with E-state index < -0.39 is 41.5 Å². The van der Waals surface area contributed by atoms with Crippen molar-refractivity contribution in [3.8, 4) is 0 Å². The summed E-state index contributed by atoms with van der Waals surface area (Å²) in [5.74, 6) is -3.75. The van der Waals surface area contributed by atoms with E-state index in [1.165, 1.54) is 0 Å². The summed E-state index contributed by atoms with van der Waals surface area (Å²) in [6, 6.07) is 2.06. The third kappa shape index (κ3) is 3.71. The lowest BCUT2D eigenvalue weighted by Gasteiger charge is -2.20. The Hall–Kier alpha value is -2.06. The Balaban J connectivity index is 1.77. The van der Waals surface area contributed by atoms with E-state index in [2.05, 4.69) is 5.32 Å². The summed E-state index contributed by atoms with van der Waals surface area (Å²) >= 11 is 0. The fourth-order valence-corrected chi connectivity index (χ4v) is 3.93. The monoisotopic (exact) mass is 381 g/mol. The van der Waals surface area contributed by atoms with E-state index >= 15 is 0 Å². The number of anilines is 1. The second-order valence-corrected chi connectivity index (χ2v) is 6.59. The van der Waals surface area contributed by atoms with Gasteiger partial charge in [0.25, 0.3) is 0 Å². The molecule has 0 radical (unpaired) electrons. The average Bonchev–Trinajstić information content (AvgIpc) is 3.03. The standard InChI is InChI=1S/C17H14F7NO/c18-14-4-2-9(6-13(14)17(22,23)24)25-15(26)11-5-8-1-3-10(11)12(8)7-16(19,20)21/h2,4,6-8,10-11H,1,3,5H2,(H,25,26). The number of nitrogens with one attached hydrogen (secondary N) is 1. The van der Waals surface area contributed by atoms with Crippen LogP contribution in [0.5, 0.6) is 0 Å². The van der Waals surface area contributed by atoms with Gasteiger partial charge in [0.2, 0.25) is 5.91 Å². The van der Waals surface area contributed by atoms with Crippen LogP contribution in [0.25, 0.3) is 0 Å². The zero-order valence-electron chi connectivity index (χ0n) is 13.2. The van der Waals surface area contributed by atoms with Crippen LogP contribution in [0.2, 0.25) is 0 Å². The van der Waals surface area contributed by atoms with Crippen molar-refractivity contribution < 1.29 is 35.5 Å². The highest BCUT2D eigenvalue weighted by atomic mass is 19.4. The maximum atomic E-state index is 13.3. The van der Waals surface area contributed by atoms with Crippen LogP contribution >= 0.6 is 0 Å². The highest BCUT2D eigenvalue weighted by molar-refractivity contribution is 5.93. The highest BCUT2D eigenvalue weighted by Gasteiger charge is 2.48. The Morgan fingerprint density at radius 2 is 1.81 bits per heavy atom. The van der Waals surface area contributed by atoms with Crippen molar-refractivity contribution in [1.29, 1.82) is 0 Å². The van der Waals surface area contributed by atoms with Crippen LogP contribution in [0, 0.1) is 23.6 Å². The largest absolute Gasteiger partial charge is 0.419 e. The van der Waals surface area contributed by atoms with Gasteiger partial charge in [-0.2, -0.15) is 26.3 Å². The van der Waals surface area contributed by atoms with E-state index in [9.17, 15) is 35.5 Å². The van der Waals surface area contributed by atoms with Crippen molar-refractivity contribution in [2.45, 2.75) is 31.6 Å². The maximum absolute atomic E-state index is 13.3. The van der Waals surface area contributed by atoms with Crippen molar-refractivity contribution in [1.82, 2.24) is 0 Å². The van der Waals surface area contributed by atoms with E-state index in [1.54, 1.807) is 0 Å². The summed E-state index contributed by atoms with van der Waals surface area (Å²) in [6.45, 7) is 0. The minimum Gasteiger partial charge on any atom is -0.326 e. The molecule has 0 aliphatic heterocycles. The lowest BCUT2D eigenvalue weighted by molar-refractivity contribution is -0.140. The first-order valence-electron chi connectivity index (χ1n) is 7.92. The summed E-state index contributed by atoms with van der Waals surface area (Å²) < 4.78 is 89.4. The first kappa shape index (κ1) is 18.7. The Labute approximate surface area is 144 Å². The molecular weight excluding hydrogens is 367 g/mol. The predicted molar refractivity (Wildman–Crippen MR) is 78.5 cm³/mol. The molecule has 2 aliphatic rings. The number of amides is 1. The Morgan fingerprint density at radius 3 is 2.42 bits per heavy atom. The average molecular weight is 381 g/mol. The second-order valence-electron chi connectivity index (χ2n) is 6.59. The SMILES string of the molecule is O=C(Nc1ccc(F)c(C(F)(F)F)c1)C1CC2CCC1C2=CC(F)(F)F. The summed E-state index contributed by atoms with van der Waals surface area (Å²) in [5, 5.41) is 2.28. The minimum absolute atomic E-state index is 0.188. The molecule has 2 fully saturated rings. The fraction of sp³-hybridized carbons (Fsp3) is 0.471. The van der Waals surface area contributed by atoms with E-state index in [1.807, 2.05) is 0 Å². The number of alkyl halides is 6. The van der Waals surface area contributed by atoms with Gasteiger partial charge in [0.05, 0.1) is 5.56 Å². The molecule has 3 unspecified atom stereocenters. The Kier molecular flexibility index (Phi) is 4.52. The summed E-state index contributed by atoms with van der Waals surface area (Å²) in [7, 11) is 0. The molecule has 0 heterocycles. The molecule has 0 spiro atoms. The molecule has 3 rings (SSSR count). The van der Waals surface area contributed by atoms with Gasteiger partial charge in [-0.25, -0.2) is 4.39 Å². The summed E-state index contributed by atoms with van der Waals surface area (Å²) in [6.07, 6.45) is -7.93. The van der Waals surface area contributed by atoms with Crippen molar-refractivity contribution in [2.24, 2.45) is 17.8 Å². The third-order valence-electron chi connectivity index (χ3n) is 4.96. The maximum Gasteiger partial charge on any atom is 0.419 e. The van der Waals surface area contributed by atoms with Gasteiger partial charge < -0.3 is 5.32 Å². The molecule has 142 valence electrons. The van der Waals surface area contributed by atoms with Crippen LogP contribution in [0.3, 0.4) is 0 Å². The van der Waals surface area contributed by atoms with E-state index in [-0.39, 0.29) is 29.7 Å². The van der Waals surface area contributed by atoms with Gasteiger partial charge in [-0.3, -0.25) is 4.79 Å². The fourth-order valence-electron chi connectivity index (χ4n) is 3.93. The smallest absolute Gasteiger partial charge is 0.326 e. The van der Waals surface area contributed by atoms with Gasteiger partial charge in [0.1, 0.15) is 5.82 Å². The van der Waals surface area contributed by atoms with Crippen LogP contribution in [0.15, 0.2) is 29.8 Å². The molecule has 2 bridgehead atoms. The molecule has 1 amide bonds. The molecular formula is C17H14F7NO. The summed E-state index contributed by atoms with van der Waals surface area (Å²) in [4.78, 5) is 12.4. The van der Waals surface area contributed by atoms with Crippen molar-refractivity contribution in [3.63, 3.8) is 0 Å². The molecule has 2 saturated carbocycles. The van der Waals surface area contributed by atoms with E-state index in [4.69, 9.17) is 0 Å². The predicted octanol–water partition coefficient (Wildman–Crippen LogP) is 5.32. The number of benzene rings is 1. The first-order valence-corrected chi connectivity index (χ1v) is 7.92. The Morgan fingerprint density at radius 1 is 1.12 bits per heavy atom. The number of hydrogen-bond acceptors (Lipinski definition) is 1. The number of carbonyl (C=O) groups is 1. The first-order chi connectivity index (χ1) is 12.0. The Bertz CT molecular complexity index is 750. The molecule has 0 saturated heterocycles.